The normalized spacial score (nSPS) is 19.0. The summed E-state index contributed by atoms with van der Waals surface area (Å²) < 4.78 is 51.6. The number of oxime groups is 1. The van der Waals surface area contributed by atoms with Gasteiger partial charge in [-0.1, -0.05) is 29.4 Å². The summed E-state index contributed by atoms with van der Waals surface area (Å²) in [5.41, 5.74) is 3.50. The van der Waals surface area contributed by atoms with Crippen molar-refractivity contribution in [2.24, 2.45) is 5.16 Å². The number of pyridine rings is 1. The van der Waals surface area contributed by atoms with E-state index in [0.717, 1.165) is 16.7 Å². The number of benzene rings is 2. The fourth-order valence-electron chi connectivity index (χ4n) is 2.97. The Morgan fingerprint density at radius 3 is 2.10 bits per heavy atom. The molecule has 1 atom stereocenters. The van der Waals surface area contributed by atoms with E-state index in [-0.39, 0.29) is 11.5 Å². The Hall–Kier alpha value is -3.26. The zero-order valence-electron chi connectivity index (χ0n) is 14.8. The van der Waals surface area contributed by atoms with Crippen molar-refractivity contribution in [3.8, 4) is 22.4 Å². The topological polar surface area (TPSA) is 54.7 Å². The summed E-state index contributed by atoms with van der Waals surface area (Å²) in [6.45, 7) is 0. The standard InChI is InChI=1S/C21H14F4N2O2/c22-17-7-5-14(6-8-17)18-11-16(9-10-26-18)13-1-3-15(4-2-13)19-12-20(28,29-27-19)21(23,24)25/h1-11,28H,12H2. The van der Waals surface area contributed by atoms with Crippen molar-refractivity contribution in [1.82, 2.24) is 4.98 Å². The molecule has 29 heavy (non-hydrogen) atoms. The van der Waals surface area contributed by atoms with Gasteiger partial charge in [-0.2, -0.15) is 13.2 Å². The minimum atomic E-state index is -4.94. The SMILES string of the molecule is OC1(C(F)(F)F)CC(c2ccc(-c3ccnc(-c4ccc(F)cc4)c3)cc2)=NO1. The second kappa shape index (κ2) is 6.97. The van der Waals surface area contributed by atoms with E-state index in [2.05, 4.69) is 15.0 Å². The molecule has 0 spiro atoms. The number of aliphatic hydroxyl groups is 1. The first-order chi connectivity index (χ1) is 13.7. The summed E-state index contributed by atoms with van der Waals surface area (Å²) in [6.07, 6.45) is -4.09. The van der Waals surface area contributed by atoms with E-state index in [1.165, 1.54) is 12.1 Å². The van der Waals surface area contributed by atoms with Crippen molar-refractivity contribution in [2.75, 3.05) is 0 Å². The molecule has 0 aliphatic carbocycles. The van der Waals surface area contributed by atoms with Crippen LogP contribution in [-0.2, 0) is 4.84 Å². The average molecular weight is 402 g/mol. The van der Waals surface area contributed by atoms with E-state index in [9.17, 15) is 22.7 Å². The fourth-order valence-corrected chi connectivity index (χ4v) is 2.97. The molecule has 0 saturated carbocycles. The Bertz CT molecular complexity index is 1060. The molecule has 3 aromatic rings. The number of rotatable bonds is 3. The first-order valence-corrected chi connectivity index (χ1v) is 8.62. The maximum atomic E-state index is 13.1. The van der Waals surface area contributed by atoms with Gasteiger partial charge in [-0.3, -0.25) is 4.98 Å². The van der Waals surface area contributed by atoms with Gasteiger partial charge in [0.2, 0.25) is 0 Å². The summed E-state index contributed by atoms with van der Waals surface area (Å²) in [4.78, 5) is 8.54. The van der Waals surface area contributed by atoms with Gasteiger partial charge in [0.15, 0.2) is 0 Å². The van der Waals surface area contributed by atoms with Gasteiger partial charge in [0.05, 0.1) is 17.8 Å². The highest BCUT2D eigenvalue weighted by Gasteiger charge is 2.60. The van der Waals surface area contributed by atoms with Crippen LogP contribution in [0.1, 0.15) is 12.0 Å². The van der Waals surface area contributed by atoms with E-state index in [0.29, 0.717) is 11.3 Å². The van der Waals surface area contributed by atoms with Crippen molar-refractivity contribution in [3.63, 3.8) is 0 Å². The molecule has 0 amide bonds. The largest absolute Gasteiger partial charge is 0.458 e. The molecule has 0 fully saturated rings. The van der Waals surface area contributed by atoms with Crippen LogP contribution >= 0.6 is 0 Å². The van der Waals surface area contributed by atoms with Crippen molar-refractivity contribution in [3.05, 3.63) is 78.2 Å². The highest BCUT2D eigenvalue weighted by Crippen LogP contribution is 2.39. The first kappa shape index (κ1) is 19.1. The molecule has 1 aromatic heterocycles. The van der Waals surface area contributed by atoms with Gasteiger partial charge in [-0.05, 0) is 53.1 Å². The number of aromatic nitrogens is 1. The molecule has 2 aromatic carbocycles. The van der Waals surface area contributed by atoms with Gasteiger partial charge in [0.25, 0.3) is 0 Å². The summed E-state index contributed by atoms with van der Waals surface area (Å²) >= 11 is 0. The maximum Gasteiger partial charge on any atom is 0.458 e. The number of halogens is 4. The average Bonchev–Trinajstić information content (AvgIpc) is 3.12. The lowest BCUT2D eigenvalue weighted by molar-refractivity contribution is -0.355. The smallest absolute Gasteiger partial charge is 0.350 e. The van der Waals surface area contributed by atoms with Crippen molar-refractivity contribution < 1.29 is 27.5 Å². The van der Waals surface area contributed by atoms with Crippen LogP contribution in [0.5, 0.6) is 0 Å². The number of alkyl halides is 3. The van der Waals surface area contributed by atoms with E-state index >= 15 is 0 Å². The molecule has 0 radical (unpaired) electrons. The lowest BCUT2D eigenvalue weighted by Crippen LogP contribution is -2.45. The molecule has 0 saturated heterocycles. The molecule has 1 N–H and O–H groups in total. The second-order valence-corrected chi connectivity index (χ2v) is 6.60. The van der Waals surface area contributed by atoms with Crippen LogP contribution in [0.4, 0.5) is 17.6 Å². The second-order valence-electron chi connectivity index (χ2n) is 6.60. The molecule has 148 valence electrons. The fraction of sp³-hybridized carbons (Fsp3) is 0.143. The molecule has 1 aliphatic rings. The lowest BCUT2D eigenvalue weighted by Gasteiger charge is -2.22. The quantitative estimate of drug-likeness (QED) is 0.632. The third-order valence-electron chi connectivity index (χ3n) is 4.61. The van der Waals surface area contributed by atoms with Gasteiger partial charge in [-0.15, -0.1) is 0 Å². The van der Waals surface area contributed by atoms with E-state index in [1.807, 2.05) is 6.07 Å². The summed E-state index contributed by atoms with van der Waals surface area (Å²) in [6, 6.07) is 16.3. The van der Waals surface area contributed by atoms with Crippen LogP contribution in [0.2, 0.25) is 0 Å². The highest BCUT2D eigenvalue weighted by molar-refractivity contribution is 6.01. The van der Waals surface area contributed by atoms with Crippen molar-refractivity contribution in [1.29, 1.82) is 0 Å². The first-order valence-electron chi connectivity index (χ1n) is 8.62. The molecule has 2 heterocycles. The summed E-state index contributed by atoms with van der Waals surface area (Å²) in [5.74, 6) is -3.63. The van der Waals surface area contributed by atoms with Crippen LogP contribution in [0, 0.1) is 5.82 Å². The minimum absolute atomic E-state index is 0.0121. The molecule has 4 rings (SSSR count). The van der Waals surface area contributed by atoms with Crippen LogP contribution in [0.3, 0.4) is 0 Å². The molecule has 8 heteroatoms. The highest BCUT2D eigenvalue weighted by atomic mass is 19.4. The summed E-state index contributed by atoms with van der Waals surface area (Å²) in [5, 5.41) is 13.0. The van der Waals surface area contributed by atoms with Crippen molar-refractivity contribution in [2.45, 2.75) is 18.4 Å². The Morgan fingerprint density at radius 1 is 0.862 bits per heavy atom. The number of nitrogens with zero attached hydrogens (tertiary/aromatic N) is 2. The van der Waals surface area contributed by atoms with Crippen LogP contribution in [-0.4, -0.2) is 27.8 Å². The monoisotopic (exact) mass is 402 g/mol. The lowest BCUT2D eigenvalue weighted by atomic mass is 9.98. The Kier molecular flexibility index (Phi) is 4.58. The number of hydrogen-bond acceptors (Lipinski definition) is 4. The third-order valence-corrected chi connectivity index (χ3v) is 4.61. The maximum absolute atomic E-state index is 13.1. The number of hydrogen-bond donors (Lipinski definition) is 1. The minimum Gasteiger partial charge on any atom is -0.350 e. The molecule has 0 bridgehead atoms. The Labute approximate surface area is 163 Å². The summed E-state index contributed by atoms with van der Waals surface area (Å²) in [7, 11) is 0. The predicted octanol–water partition coefficient (Wildman–Crippen LogP) is 4.93. The van der Waals surface area contributed by atoms with Gasteiger partial charge in [-0.25, -0.2) is 4.39 Å². The van der Waals surface area contributed by atoms with Crippen LogP contribution < -0.4 is 0 Å². The zero-order valence-corrected chi connectivity index (χ0v) is 14.8. The van der Waals surface area contributed by atoms with E-state index in [4.69, 9.17) is 0 Å². The predicted molar refractivity (Wildman–Crippen MR) is 98.3 cm³/mol. The Morgan fingerprint density at radius 2 is 1.48 bits per heavy atom. The Balaban J connectivity index is 1.56. The van der Waals surface area contributed by atoms with E-state index < -0.39 is 18.4 Å². The van der Waals surface area contributed by atoms with Gasteiger partial charge >= 0.3 is 12.0 Å². The molecule has 1 unspecified atom stereocenters. The van der Waals surface area contributed by atoms with Crippen LogP contribution in [0.15, 0.2) is 72.0 Å². The zero-order chi connectivity index (χ0) is 20.6. The van der Waals surface area contributed by atoms with Crippen LogP contribution in [0.25, 0.3) is 22.4 Å². The van der Waals surface area contributed by atoms with E-state index in [1.54, 1.807) is 48.7 Å². The van der Waals surface area contributed by atoms with Crippen molar-refractivity contribution >= 4 is 5.71 Å². The molecular weight excluding hydrogens is 388 g/mol. The molecule has 4 nitrogen and oxygen atoms in total. The van der Waals surface area contributed by atoms with Gasteiger partial charge < -0.3 is 9.94 Å². The molecular formula is C21H14F4N2O2. The van der Waals surface area contributed by atoms with Gasteiger partial charge in [0.1, 0.15) is 5.82 Å². The van der Waals surface area contributed by atoms with Gasteiger partial charge in [0, 0.05) is 11.8 Å². The third kappa shape index (κ3) is 3.71. The molecule has 1 aliphatic heterocycles.